The van der Waals surface area contributed by atoms with Crippen LogP contribution in [-0.2, 0) is 28.4 Å². The molecule has 1 atom stereocenters. The van der Waals surface area contributed by atoms with Crippen LogP contribution in [0.4, 0.5) is 0 Å². The molecule has 10 heteroatoms. The number of carbonyl (C=O) groups is 2. The van der Waals surface area contributed by atoms with Gasteiger partial charge >= 0.3 is 11.7 Å². The van der Waals surface area contributed by atoms with Gasteiger partial charge in [0.05, 0.1) is 43.3 Å². The van der Waals surface area contributed by atoms with Crippen LogP contribution in [0.1, 0.15) is 33.8 Å². The van der Waals surface area contributed by atoms with E-state index < -0.39 is 11.9 Å². The molecule has 0 spiro atoms. The average Bonchev–Trinajstić information content (AvgIpc) is 3.31. The van der Waals surface area contributed by atoms with Crippen LogP contribution in [0.15, 0.2) is 47.1 Å². The third-order valence-corrected chi connectivity index (χ3v) is 6.84. The van der Waals surface area contributed by atoms with Crippen molar-refractivity contribution < 1.29 is 28.9 Å². The van der Waals surface area contributed by atoms with E-state index in [9.17, 15) is 19.5 Å². The Hall–Kier alpha value is -4.05. The van der Waals surface area contributed by atoms with E-state index in [4.69, 9.17) is 14.2 Å². The summed E-state index contributed by atoms with van der Waals surface area (Å²) in [7, 11) is 4.65. The SMILES string of the molecule is COC(=O)C[C@@H](c1ccc2c(c1)n(C)c(=O)n2C)c1c(O)ccc2c1O/C(=C\N1CCOCC1)C2=O. The molecule has 1 saturated heterocycles. The van der Waals surface area contributed by atoms with Crippen molar-refractivity contribution >= 4 is 22.8 Å². The number of Topliss-reactive ketones (excluding diaryl/α,β-unsaturated/α-hetero) is 1. The topological polar surface area (TPSA) is 112 Å². The Bertz CT molecular complexity index is 1460. The number of aromatic hydroxyl groups is 1. The van der Waals surface area contributed by atoms with Crippen molar-refractivity contribution in [2.24, 2.45) is 14.1 Å². The van der Waals surface area contributed by atoms with E-state index >= 15 is 0 Å². The zero-order valence-corrected chi connectivity index (χ0v) is 20.3. The standard InChI is InChI=1S/C26H27N3O7/c1-27-18-6-4-15(12-19(18)28(2)26(27)33)17(13-22(31)34-3)23-20(30)7-5-16-24(32)21(36-25(16)23)14-29-8-10-35-11-9-29/h4-7,12,14,17,30H,8-11,13H2,1-3H3/b21-14-/t17-/m0/s1. The van der Waals surface area contributed by atoms with Crippen molar-refractivity contribution in [3.05, 3.63) is 69.5 Å². The Labute approximate surface area is 206 Å². The first-order chi connectivity index (χ1) is 17.3. The highest BCUT2D eigenvalue weighted by Gasteiger charge is 2.36. The number of methoxy groups -OCH3 is 1. The molecule has 2 aromatic carbocycles. The van der Waals surface area contributed by atoms with Crippen molar-refractivity contribution in [2.45, 2.75) is 12.3 Å². The summed E-state index contributed by atoms with van der Waals surface area (Å²) in [6.07, 6.45) is 1.57. The summed E-state index contributed by atoms with van der Waals surface area (Å²) in [5, 5.41) is 11.0. The minimum absolute atomic E-state index is 0.104. The lowest BCUT2D eigenvalue weighted by molar-refractivity contribution is -0.140. The Morgan fingerprint density at radius 3 is 2.56 bits per heavy atom. The smallest absolute Gasteiger partial charge is 0.328 e. The molecule has 0 bridgehead atoms. The Balaban J connectivity index is 1.63. The lowest BCUT2D eigenvalue weighted by atomic mass is 9.86. The van der Waals surface area contributed by atoms with Crippen LogP contribution in [0.25, 0.3) is 11.0 Å². The summed E-state index contributed by atoms with van der Waals surface area (Å²) in [5.41, 5.74) is 2.52. The van der Waals surface area contributed by atoms with E-state index in [2.05, 4.69) is 0 Å². The zero-order chi connectivity index (χ0) is 25.6. The lowest BCUT2D eigenvalue weighted by Crippen LogP contribution is -2.32. The van der Waals surface area contributed by atoms with Gasteiger partial charge in [0.15, 0.2) is 5.76 Å². The van der Waals surface area contributed by atoms with Crippen molar-refractivity contribution in [3.63, 3.8) is 0 Å². The lowest BCUT2D eigenvalue weighted by Gasteiger charge is -2.25. The molecular formula is C26H27N3O7. The van der Waals surface area contributed by atoms with Crippen LogP contribution in [0.5, 0.6) is 11.5 Å². The molecule has 0 unspecified atom stereocenters. The molecule has 0 radical (unpaired) electrons. The molecule has 0 aliphatic carbocycles. The van der Waals surface area contributed by atoms with Gasteiger partial charge < -0.3 is 24.2 Å². The minimum atomic E-state index is -0.692. The Morgan fingerprint density at radius 1 is 1.11 bits per heavy atom. The molecule has 3 heterocycles. The van der Waals surface area contributed by atoms with Crippen LogP contribution in [-0.4, -0.2) is 64.3 Å². The highest BCUT2D eigenvalue weighted by Crippen LogP contribution is 2.46. The number of aryl methyl sites for hydroxylation is 2. The van der Waals surface area contributed by atoms with E-state index in [1.807, 2.05) is 11.0 Å². The molecule has 2 aliphatic rings. The quantitative estimate of drug-likeness (QED) is 0.425. The highest BCUT2D eigenvalue weighted by atomic mass is 16.5. The maximum Gasteiger partial charge on any atom is 0.328 e. The molecule has 10 nitrogen and oxygen atoms in total. The van der Waals surface area contributed by atoms with Gasteiger partial charge in [-0.3, -0.25) is 18.7 Å². The second kappa shape index (κ2) is 9.19. The fourth-order valence-electron chi connectivity index (χ4n) is 4.84. The largest absolute Gasteiger partial charge is 0.508 e. The molecule has 36 heavy (non-hydrogen) atoms. The van der Waals surface area contributed by atoms with Gasteiger partial charge in [0.1, 0.15) is 11.5 Å². The average molecular weight is 494 g/mol. The van der Waals surface area contributed by atoms with E-state index in [1.54, 1.807) is 32.4 Å². The number of allylic oxidation sites excluding steroid dienone is 1. The van der Waals surface area contributed by atoms with Crippen LogP contribution in [0.2, 0.25) is 0 Å². The molecule has 5 rings (SSSR count). The van der Waals surface area contributed by atoms with E-state index in [0.29, 0.717) is 48.5 Å². The van der Waals surface area contributed by atoms with Crippen molar-refractivity contribution in [3.8, 4) is 11.5 Å². The molecule has 3 aromatic rings. The molecule has 1 aromatic heterocycles. The number of nitrogens with zero attached hydrogens (tertiary/aromatic N) is 3. The molecule has 1 N–H and O–H groups in total. The first-order valence-electron chi connectivity index (χ1n) is 11.6. The first-order valence-corrected chi connectivity index (χ1v) is 11.6. The van der Waals surface area contributed by atoms with Gasteiger partial charge in [-0.05, 0) is 29.8 Å². The summed E-state index contributed by atoms with van der Waals surface area (Å²) in [5.74, 6) is -1.22. The second-order valence-electron chi connectivity index (χ2n) is 8.93. The van der Waals surface area contributed by atoms with Gasteiger partial charge in [-0.15, -0.1) is 0 Å². The van der Waals surface area contributed by atoms with E-state index in [0.717, 1.165) is 5.52 Å². The van der Waals surface area contributed by atoms with Crippen LogP contribution in [0, 0.1) is 0 Å². The fourth-order valence-corrected chi connectivity index (χ4v) is 4.84. The molecule has 2 aliphatic heterocycles. The summed E-state index contributed by atoms with van der Waals surface area (Å²) in [4.78, 5) is 40.0. The third-order valence-electron chi connectivity index (χ3n) is 6.84. The summed E-state index contributed by atoms with van der Waals surface area (Å²) in [6, 6.07) is 8.37. The number of phenolic OH excluding ortho intramolecular Hbond substituents is 1. The van der Waals surface area contributed by atoms with Gasteiger partial charge in [0.2, 0.25) is 5.78 Å². The number of fused-ring (bicyclic) bond motifs is 2. The summed E-state index contributed by atoms with van der Waals surface area (Å²) in [6.45, 7) is 2.38. The van der Waals surface area contributed by atoms with Gasteiger partial charge in [-0.2, -0.15) is 0 Å². The van der Waals surface area contributed by atoms with Crippen LogP contribution >= 0.6 is 0 Å². The number of carbonyl (C=O) groups excluding carboxylic acids is 2. The number of hydrogen-bond acceptors (Lipinski definition) is 8. The van der Waals surface area contributed by atoms with Gasteiger partial charge in [0, 0.05) is 44.9 Å². The van der Waals surface area contributed by atoms with Crippen molar-refractivity contribution in [1.29, 1.82) is 0 Å². The zero-order valence-electron chi connectivity index (χ0n) is 20.3. The Kier molecular flexibility index (Phi) is 6.05. The minimum Gasteiger partial charge on any atom is -0.508 e. The highest BCUT2D eigenvalue weighted by molar-refractivity contribution is 6.12. The third kappa shape index (κ3) is 3.93. The predicted octanol–water partition coefficient (Wildman–Crippen LogP) is 2.03. The number of aromatic nitrogens is 2. The second-order valence-corrected chi connectivity index (χ2v) is 8.93. The summed E-state index contributed by atoms with van der Waals surface area (Å²) >= 11 is 0. The van der Waals surface area contributed by atoms with Gasteiger partial charge in [-0.25, -0.2) is 4.79 Å². The normalized spacial score (nSPS) is 17.4. The molecule has 0 saturated carbocycles. The number of ketones is 1. The maximum atomic E-state index is 13.2. The molecule has 188 valence electrons. The number of hydrogen-bond donors (Lipinski definition) is 1. The van der Waals surface area contributed by atoms with E-state index in [-0.39, 0.29) is 35.2 Å². The summed E-state index contributed by atoms with van der Waals surface area (Å²) < 4.78 is 19.4. The number of benzene rings is 2. The number of esters is 1. The fraction of sp³-hybridized carbons (Fsp3) is 0.346. The number of imidazole rings is 1. The molecular weight excluding hydrogens is 466 g/mol. The van der Waals surface area contributed by atoms with Crippen LogP contribution in [0.3, 0.4) is 0 Å². The predicted molar refractivity (Wildman–Crippen MR) is 130 cm³/mol. The number of phenols is 1. The molecule has 0 amide bonds. The first kappa shape index (κ1) is 23.7. The van der Waals surface area contributed by atoms with Crippen molar-refractivity contribution in [2.75, 3.05) is 33.4 Å². The Morgan fingerprint density at radius 2 is 1.83 bits per heavy atom. The van der Waals surface area contributed by atoms with Crippen molar-refractivity contribution in [1.82, 2.24) is 14.0 Å². The van der Waals surface area contributed by atoms with Gasteiger partial charge in [-0.1, -0.05) is 6.07 Å². The maximum absolute atomic E-state index is 13.2. The monoisotopic (exact) mass is 493 g/mol. The molecule has 1 fully saturated rings. The number of ether oxygens (including phenoxy) is 3. The van der Waals surface area contributed by atoms with Crippen LogP contribution < -0.4 is 10.4 Å². The van der Waals surface area contributed by atoms with E-state index in [1.165, 1.54) is 28.4 Å². The number of rotatable bonds is 5. The van der Waals surface area contributed by atoms with Gasteiger partial charge in [0.25, 0.3) is 0 Å². The number of morpholine rings is 1.